The van der Waals surface area contributed by atoms with Gasteiger partial charge in [-0.1, -0.05) is 24.3 Å². The summed E-state index contributed by atoms with van der Waals surface area (Å²) in [7, 11) is 0. The molecule has 4 rings (SSSR count). The Morgan fingerprint density at radius 1 is 0.909 bits per heavy atom. The molecule has 0 aromatic rings. The van der Waals surface area contributed by atoms with Crippen LogP contribution in [0.1, 0.15) is 6.42 Å². The topological polar surface area (TPSA) is 26.0 Å². The van der Waals surface area contributed by atoms with Crippen LogP contribution in [-0.2, 0) is 0 Å². The molecule has 0 aromatic heterocycles. The molecule has 0 radical (unpaired) electrons. The van der Waals surface area contributed by atoms with Crippen molar-refractivity contribution >= 4 is 0 Å². The molecular formula is C10H13N. The molecule has 1 nitrogen and oxygen atoms in total. The van der Waals surface area contributed by atoms with Crippen LogP contribution >= 0.6 is 0 Å². The van der Waals surface area contributed by atoms with Crippen molar-refractivity contribution in [3.05, 3.63) is 24.3 Å². The molecule has 0 aliphatic heterocycles. The highest BCUT2D eigenvalue weighted by molar-refractivity contribution is 5.26. The first-order chi connectivity index (χ1) is 5.36. The van der Waals surface area contributed by atoms with E-state index in [1.807, 2.05) is 0 Å². The average Bonchev–Trinajstić information content (AvgIpc) is 1.89. The summed E-state index contributed by atoms with van der Waals surface area (Å²) in [5, 5.41) is 0. The lowest BCUT2D eigenvalue weighted by Gasteiger charge is -2.50. The monoisotopic (exact) mass is 147 g/mol. The first kappa shape index (κ1) is 6.01. The highest BCUT2D eigenvalue weighted by atomic mass is 14.7. The van der Waals surface area contributed by atoms with Crippen LogP contribution in [0.15, 0.2) is 24.3 Å². The van der Waals surface area contributed by atoms with E-state index in [0.717, 1.165) is 17.8 Å². The third kappa shape index (κ3) is 0.603. The van der Waals surface area contributed by atoms with Gasteiger partial charge in [0.25, 0.3) is 0 Å². The zero-order valence-corrected chi connectivity index (χ0v) is 6.48. The quantitative estimate of drug-likeness (QED) is 0.514. The maximum Gasteiger partial charge on any atom is 0.0114 e. The van der Waals surface area contributed by atoms with Crippen molar-refractivity contribution in [2.45, 2.75) is 12.5 Å². The van der Waals surface area contributed by atoms with Crippen LogP contribution in [0.2, 0.25) is 0 Å². The van der Waals surface area contributed by atoms with Gasteiger partial charge in [-0.05, 0) is 30.1 Å². The minimum atomic E-state index is 0.441. The average molecular weight is 147 g/mol. The Kier molecular flexibility index (Phi) is 0.972. The lowest BCUT2D eigenvalue weighted by Crippen LogP contribution is -2.50. The fourth-order valence-corrected chi connectivity index (χ4v) is 2.84. The van der Waals surface area contributed by atoms with Gasteiger partial charge in [0.05, 0.1) is 0 Å². The summed E-state index contributed by atoms with van der Waals surface area (Å²) in [5.41, 5.74) is 6.02. The van der Waals surface area contributed by atoms with Gasteiger partial charge in [0, 0.05) is 6.04 Å². The van der Waals surface area contributed by atoms with Crippen molar-refractivity contribution in [1.82, 2.24) is 0 Å². The highest BCUT2D eigenvalue weighted by Gasteiger charge is 2.45. The summed E-state index contributed by atoms with van der Waals surface area (Å²) in [6.45, 7) is 0. The molecular weight excluding hydrogens is 134 g/mol. The first-order valence-corrected chi connectivity index (χ1v) is 4.48. The van der Waals surface area contributed by atoms with Crippen LogP contribution in [0.4, 0.5) is 0 Å². The fraction of sp³-hybridized carbons (Fsp3) is 0.600. The molecule has 1 fully saturated rings. The second kappa shape index (κ2) is 1.78. The van der Waals surface area contributed by atoms with Gasteiger partial charge < -0.3 is 5.73 Å². The molecule has 0 amide bonds. The molecule has 1 saturated carbocycles. The fourth-order valence-electron chi connectivity index (χ4n) is 2.84. The SMILES string of the molecule is NC1C[C@H]2C=C[C@H]1C1C=CC12. The van der Waals surface area contributed by atoms with Gasteiger partial charge in [-0.15, -0.1) is 0 Å². The Labute approximate surface area is 67.0 Å². The van der Waals surface area contributed by atoms with Gasteiger partial charge in [-0.3, -0.25) is 0 Å². The van der Waals surface area contributed by atoms with E-state index in [9.17, 15) is 0 Å². The van der Waals surface area contributed by atoms with Crippen LogP contribution in [0.5, 0.6) is 0 Å². The summed E-state index contributed by atoms with van der Waals surface area (Å²) in [6.07, 6.45) is 10.6. The number of nitrogens with two attached hydrogens (primary N) is 1. The number of rotatable bonds is 0. The molecule has 0 aromatic carbocycles. The summed E-state index contributed by atoms with van der Waals surface area (Å²) in [6, 6.07) is 0.441. The van der Waals surface area contributed by atoms with Gasteiger partial charge in [0.15, 0.2) is 0 Å². The van der Waals surface area contributed by atoms with E-state index in [1.165, 1.54) is 6.42 Å². The predicted molar refractivity (Wildman–Crippen MR) is 44.8 cm³/mol. The smallest absolute Gasteiger partial charge is 0.0114 e. The Balaban J connectivity index is 2.03. The van der Waals surface area contributed by atoms with Crippen LogP contribution in [-0.4, -0.2) is 6.04 Å². The van der Waals surface area contributed by atoms with Gasteiger partial charge in [0.1, 0.15) is 0 Å². The van der Waals surface area contributed by atoms with E-state index in [2.05, 4.69) is 24.3 Å². The minimum Gasteiger partial charge on any atom is -0.327 e. The zero-order chi connectivity index (χ0) is 7.42. The summed E-state index contributed by atoms with van der Waals surface area (Å²) in [5.74, 6) is 3.08. The van der Waals surface area contributed by atoms with Gasteiger partial charge in [0.2, 0.25) is 0 Å². The third-order valence-electron chi connectivity index (χ3n) is 3.56. The number of fused-ring (bicyclic) bond motifs is 1. The number of allylic oxidation sites excluding steroid dienone is 3. The second-order valence-electron chi connectivity index (χ2n) is 4.07. The molecule has 5 atom stereocenters. The summed E-state index contributed by atoms with van der Waals surface area (Å²) >= 11 is 0. The molecule has 58 valence electrons. The largest absolute Gasteiger partial charge is 0.327 e. The third-order valence-corrected chi connectivity index (χ3v) is 3.56. The zero-order valence-electron chi connectivity index (χ0n) is 6.48. The Bertz CT molecular complexity index is 241. The summed E-state index contributed by atoms with van der Waals surface area (Å²) < 4.78 is 0. The van der Waals surface area contributed by atoms with Gasteiger partial charge in [-0.2, -0.15) is 0 Å². The standard InChI is InChI=1S/C10H13N/c11-10-5-6-1-2-9(10)8-4-3-7(6)8/h1-4,6-10H,5,11H2/t6-,7?,8?,9+,10?/m1/s1. The Morgan fingerprint density at radius 2 is 1.64 bits per heavy atom. The van der Waals surface area contributed by atoms with Crippen molar-refractivity contribution in [3.63, 3.8) is 0 Å². The van der Waals surface area contributed by atoms with E-state index in [0.29, 0.717) is 12.0 Å². The normalized spacial score (nSPS) is 57.4. The van der Waals surface area contributed by atoms with Gasteiger partial charge >= 0.3 is 0 Å². The maximum atomic E-state index is 6.02. The van der Waals surface area contributed by atoms with Crippen LogP contribution in [0.25, 0.3) is 0 Å². The highest BCUT2D eigenvalue weighted by Crippen LogP contribution is 2.49. The number of hydrogen-bond donors (Lipinski definition) is 1. The van der Waals surface area contributed by atoms with Crippen molar-refractivity contribution in [2.75, 3.05) is 0 Å². The van der Waals surface area contributed by atoms with Crippen molar-refractivity contribution in [3.8, 4) is 0 Å². The maximum absolute atomic E-state index is 6.02. The molecule has 1 heteroatoms. The molecule has 0 saturated heterocycles. The molecule has 4 aliphatic rings. The molecule has 0 spiro atoms. The Hall–Kier alpha value is -0.560. The second-order valence-corrected chi connectivity index (χ2v) is 4.07. The minimum absolute atomic E-state index is 0.441. The molecule has 11 heavy (non-hydrogen) atoms. The lowest BCUT2D eigenvalue weighted by atomic mass is 9.56. The van der Waals surface area contributed by atoms with E-state index in [1.54, 1.807) is 0 Å². The van der Waals surface area contributed by atoms with Crippen molar-refractivity contribution in [1.29, 1.82) is 0 Å². The molecule has 3 unspecified atom stereocenters. The van der Waals surface area contributed by atoms with Crippen LogP contribution in [0, 0.1) is 23.7 Å². The van der Waals surface area contributed by atoms with E-state index in [4.69, 9.17) is 5.73 Å². The predicted octanol–water partition coefficient (Wildman–Crippen LogP) is 1.32. The first-order valence-electron chi connectivity index (χ1n) is 4.48. The summed E-state index contributed by atoms with van der Waals surface area (Å²) in [4.78, 5) is 0. The van der Waals surface area contributed by atoms with Crippen LogP contribution < -0.4 is 5.73 Å². The number of hydrogen-bond acceptors (Lipinski definition) is 1. The van der Waals surface area contributed by atoms with Crippen molar-refractivity contribution in [2.24, 2.45) is 29.4 Å². The lowest BCUT2D eigenvalue weighted by molar-refractivity contribution is 0.147. The van der Waals surface area contributed by atoms with Crippen molar-refractivity contribution < 1.29 is 0 Å². The molecule has 2 bridgehead atoms. The molecule has 0 heterocycles. The van der Waals surface area contributed by atoms with Gasteiger partial charge in [-0.25, -0.2) is 0 Å². The van der Waals surface area contributed by atoms with E-state index < -0.39 is 0 Å². The molecule has 4 aliphatic carbocycles. The molecule has 2 N–H and O–H groups in total. The Morgan fingerprint density at radius 3 is 2.09 bits per heavy atom. The van der Waals surface area contributed by atoms with E-state index in [-0.39, 0.29) is 0 Å². The van der Waals surface area contributed by atoms with Crippen LogP contribution in [0.3, 0.4) is 0 Å². The van der Waals surface area contributed by atoms with E-state index >= 15 is 0 Å².